The maximum atomic E-state index is 14.4. The van der Waals surface area contributed by atoms with Crippen LogP contribution in [0.5, 0.6) is 23.0 Å². The molecule has 0 radical (unpaired) electrons. The first-order valence-corrected chi connectivity index (χ1v) is 33.9. The van der Waals surface area contributed by atoms with E-state index in [2.05, 4.69) is 153 Å². The van der Waals surface area contributed by atoms with Crippen LogP contribution >= 0.6 is 0 Å². The van der Waals surface area contributed by atoms with Crippen LogP contribution < -0.4 is 40.2 Å². The molecule has 0 aromatic heterocycles. The molecule has 0 saturated heterocycles. The third kappa shape index (κ3) is 18.6. The Labute approximate surface area is 570 Å². The maximum absolute atomic E-state index is 14.4. The van der Waals surface area contributed by atoms with E-state index in [0.29, 0.717) is 23.0 Å². The van der Waals surface area contributed by atoms with E-state index >= 15 is 0 Å². The first-order chi connectivity index (χ1) is 45.4. The van der Waals surface area contributed by atoms with E-state index in [0.717, 1.165) is 89.0 Å². The number of benzene rings is 8. The third-order valence-electron chi connectivity index (χ3n) is 18.1. The van der Waals surface area contributed by atoms with Crippen LogP contribution in [0, 0.1) is 0 Å². The van der Waals surface area contributed by atoms with Gasteiger partial charge in [-0.15, -0.1) is 0 Å². The topological polar surface area (TPSA) is 153 Å². The number of carbonyl (C=O) groups excluding carboxylic acids is 4. The zero-order valence-corrected chi connectivity index (χ0v) is 59.4. The van der Waals surface area contributed by atoms with E-state index in [9.17, 15) is 19.2 Å². The monoisotopic (exact) mass is 1290 g/mol. The van der Waals surface area contributed by atoms with Crippen molar-refractivity contribution >= 4 is 23.6 Å². The van der Waals surface area contributed by atoms with Crippen LogP contribution in [-0.2, 0) is 66.5 Å². The summed E-state index contributed by atoms with van der Waals surface area (Å²) >= 11 is 0. The minimum atomic E-state index is -0.387. The molecule has 1 aliphatic carbocycles. The molecule has 0 heterocycles. The summed E-state index contributed by atoms with van der Waals surface area (Å²) in [6.45, 7) is 33.0. The van der Waals surface area contributed by atoms with Crippen LogP contribution in [0.1, 0.15) is 224 Å². The largest absolute Gasteiger partial charge is 0.483 e. The van der Waals surface area contributed by atoms with Gasteiger partial charge in [0.2, 0.25) is 0 Å². The van der Waals surface area contributed by atoms with Gasteiger partial charge in [0.15, 0.2) is 26.4 Å². The second kappa shape index (κ2) is 30.3. The molecular weight excluding hydrogens is 1190 g/mol. The molecule has 4 amide bonds. The second-order valence-electron chi connectivity index (χ2n) is 30.2. The molecule has 9 rings (SSSR count). The fourth-order valence-corrected chi connectivity index (χ4v) is 12.3. The highest BCUT2D eigenvalue weighted by atomic mass is 16.5. The fourth-order valence-electron chi connectivity index (χ4n) is 12.3. The minimum Gasteiger partial charge on any atom is -0.483 e. The number of rotatable bonds is 20. The van der Waals surface area contributed by atoms with Crippen LogP contribution in [0.15, 0.2) is 170 Å². The van der Waals surface area contributed by atoms with Crippen molar-refractivity contribution in [1.82, 2.24) is 21.3 Å². The Morgan fingerprint density at radius 1 is 0.292 bits per heavy atom. The van der Waals surface area contributed by atoms with Crippen LogP contribution in [0.4, 0.5) is 0 Å². The van der Waals surface area contributed by atoms with Gasteiger partial charge in [-0.2, -0.15) is 0 Å². The Bertz CT molecular complexity index is 3410. The predicted molar refractivity (Wildman–Crippen MR) is 386 cm³/mol. The van der Waals surface area contributed by atoms with Gasteiger partial charge in [0.1, 0.15) is 23.0 Å². The summed E-state index contributed by atoms with van der Waals surface area (Å²) in [5.74, 6) is 0.927. The summed E-state index contributed by atoms with van der Waals surface area (Å²) in [6.07, 6.45) is 1.04. The molecule has 96 heavy (non-hydrogen) atoms. The standard InChI is InChI=1S/C84H100N4O8/c1-53(57-29-21-17-22-30-57)85-73(89)49-93-77-61-37-63-43-70(82(8,9)10)45-65(78(63)94-50-74(90)86-54(2)58-31-23-18-24-32-58)39-67-47-72(84(14,15)16)48-68(80(67)96-52-76(92)88-56(4)60-35-27-20-28-36-60)40-66-46-71(83(11,12)13)44-64(38-62(77)42-69(41-61)81(5,6)7)79(66)95-51-75(91)87-55(3)59-33-25-19-26-34-59/h17-36,41-48,53-56H,37-40,49-52H2,1-16H3,(H,85,89)(H,86,90)(H,87,91)(H,88,92)/t53-,54-,55-,56-/m1/s1. The molecule has 0 saturated carbocycles. The number of hydrogen-bond donors (Lipinski definition) is 4. The predicted octanol–water partition coefficient (Wildman–Crippen LogP) is 16.6. The summed E-state index contributed by atoms with van der Waals surface area (Å²) in [6, 6.07) is 55.8. The zero-order valence-electron chi connectivity index (χ0n) is 59.4. The Morgan fingerprint density at radius 3 is 0.594 bits per heavy atom. The van der Waals surface area contributed by atoms with Gasteiger partial charge in [-0.1, -0.05) is 253 Å². The summed E-state index contributed by atoms with van der Waals surface area (Å²) in [5.41, 5.74) is 12.9. The molecule has 12 heteroatoms. The first-order valence-electron chi connectivity index (χ1n) is 33.9. The quantitative estimate of drug-likeness (QED) is 0.0588. The Balaban J connectivity index is 1.31. The molecule has 0 unspecified atom stereocenters. The van der Waals surface area contributed by atoms with Crippen molar-refractivity contribution in [3.63, 3.8) is 0 Å². The van der Waals surface area contributed by atoms with E-state index in [1.54, 1.807) is 0 Å². The van der Waals surface area contributed by atoms with E-state index in [4.69, 9.17) is 18.9 Å². The molecule has 12 nitrogen and oxygen atoms in total. The first kappa shape index (κ1) is 71.1. The number of carbonyl (C=O) groups is 4. The van der Waals surface area contributed by atoms with Crippen LogP contribution in [0.2, 0.25) is 0 Å². The maximum Gasteiger partial charge on any atom is 0.258 e. The summed E-state index contributed by atoms with van der Waals surface area (Å²) in [7, 11) is 0. The lowest BCUT2D eigenvalue weighted by Crippen LogP contribution is -2.32. The number of fused-ring (bicyclic) bond motifs is 8. The van der Waals surface area contributed by atoms with E-state index < -0.39 is 0 Å². The molecule has 8 bridgehead atoms. The molecule has 8 aromatic carbocycles. The average Bonchev–Trinajstić information content (AvgIpc) is 0.824. The molecule has 0 aliphatic heterocycles. The van der Waals surface area contributed by atoms with Gasteiger partial charge < -0.3 is 40.2 Å². The SMILES string of the molecule is C[C@@H](NC(=O)COc1c2cc(C(C)(C)C)cc1Cc1cc(C(C)(C)C)cc(c1OCC(=O)N[C@H](C)c1ccccc1)Cc1cc(C(C)(C)C)cc(c1OCC(=O)N[C@H](C)c1ccccc1)Cc1cc(C(C)(C)C)cc(c1OCC(=O)N[C@H](C)c1ccccc1)C2)c1ccccc1. The Hall–Kier alpha value is -9.16. The van der Waals surface area contributed by atoms with Gasteiger partial charge in [0.05, 0.1) is 24.2 Å². The van der Waals surface area contributed by atoms with Crippen molar-refractivity contribution in [2.45, 2.75) is 182 Å². The highest BCUT2D eigenvalue weighted by Crippen LogP contribution is 2.45. The minimum absolute atomic E-state index is 0.259. The Kier molecular flexibility index (Phi) is 22.4. The summed E-state index contributed by atoms with van der Waals surface area (Å²) in [5, 5.41) is 12.8. The zero-order chi connectivity index (χ0) is 69.3. The van der Waals surface area contributed by atoms with Crippen LogP contribution in [0.3, 0.4) is 0 Å². The van der Waals surface area contributed by atoms with E-state index in [-0.39, 0.29) is 122 Å². The molecular formula is C84H100N4O8. The lowest BCUT2D eigenvalue weighted by Gasteiger charge is -2.29. The van der Waals surface area contributed by atoms with Gasteiger partial charge >= 0.3 is 0 Å². The van der Waals surface area contributed by atoms with Gasteiger partial charge in [-0.25, -0.2) is 0 Å². The number of hydrogen-bond acceptors (Lipinski definition) is 8. The molecule has 1 aliphatic rings. The number of ether oxygens (including phenoxy) is 4. The smallest absolute Gasteiger partial charge is 0.258 e. The van der Waals surface area contributed by atoms with Crippen molar-refractivity contribution in [2.24, 2.45) is 0 Å². The van der Waals surface area contributed by atoms with Gasteiger partial charge in [-0.3, -0.25) is 19.2 Å². The van der Waals surface area contributed by atoms with Crippen molar-refractivity contribution in [3.05, 3.63) is 259 Å². The average molecular weight is 1290 g/mol. The van der Waals surface area contributed by atoms with Crippen molar-refractivity contribution < 1.29 is 38.1 Å². The second-order valence-corrected chi connectivity index (χ2v) is 30.2. The molecule has 4 atom stereocenters. The van der Waals surface area contributed by atoms with Crippen LogP contribution in [-0.4, -0.2) is 50.1 Å². The van der Waals surface area contributed by atoms with Gasteiger partial charge in [0, 0.05) is 25.7 Å². The molecule has 0 fully saturated rings. The molecule has 0 spiro atoms. The number of amides is 4. The summed E-state index contributed by atoms with van der Waals surface area (Å²) < 4.78 is 28.3. The highest BCUT2D eigenvalue weighted by Gasteiger charge is 2.31. The highest BCUT2D eigenvalue weighted by molar-refractivity contribution is 5.80. The van der Waals surface area contributed by atoms with Crippen LogP contribution in [0.25, 0.3) is 0 Å². The third-order valence-corrected chi connectivity index (χ3v) is 18.1. The van der Waals surface area contributed by atoms with Crippen molar-refractivity contribution in [3.8, 4) is 23.0 Å². The normalized spacial score (nSPS) is 13.8. The van der Waals surface area contributed by atoms with Gasteiger partial charge in [0.25, 0.3) is 23.6 Å². The lowest BCUT2D eigenvalue weighted by molar-refractivity contribution is -0.124. The fraction of sp³-hybridized carbons (Fsp3) is 0.381. The number of nitrogens with one attached hydrogen (secondary N) is 4. The Morgan fingerprint density at radius 2 is 0.448 bits per heavy atom. The molecule has 4 N–H and O–H groups in total. The summed E-state index contributed by atoms with van der Waals surface area (Å²) in [4.78, 5) is 57.7. The van der Waals surface area contributed by atoms with E-state index in [1.807, 2.05) is 149 Å². The van der Waals surface area contributed by atoms with E-state index in [1.165, 1.54) is 0 Å². The lowest BCUT2D eigenvalue weighted by atomic mass is 9.79. The molecule has 8 aromatic rings. The van der Waals surface area contributed by atoms with Crippen molar-refractivity contribution in [1.29, 1.82) is 0 Å². The van der Waals surface area contributed by atoms with Crippen molar-refractivity contribution in [2.75, 3.05) is 26.4 Å². The molecule has 504 valence electrons. The van der Waals surface area contributed by atoms with Gasteiger partial charge in [-0.05, 0) is 138 Å².